The highest BCUT2D eigenvalue weighted by Crippen LogP contribution is 2.54. The number of nitrogens with zero attached hydrogens (tertiary/aromatic N) is 7. The van der Waals surface area contributed by atoms with Crippen LogP contribution >= 0.6 is 0 Å². The highest BCUT2D eigenvalue weighted by Gasteiger charge is 2.46. The third kappa shape index (κ3) is 11.8. The van der Waals surface area contributed by atoms with E-state index in [2.05, 4.69) is 117 Å². The summed E-state index contributed by atoms with van der Waals surface area (Å²) in [5.74, 6) is -1.34. The summed E-state index contributed by atoms with van der Waals surface area (Å²) in [5, 5.41) is 1.53. The van der Waals surface area contributed by atoms with Gasteiger partial charge in [0.15, 0.2) is 17.5 Å². The number of hydrogen-bond donors (Lipinski definition) is 0. The fourth-order valence-corrected chi connectivity index (χ4v) is 16.4. The maximum absolute atomic E-state index is 9.96. The summed E-state index contributed by atoms with van der Waals surface area (Å²) in [6.07, 6.45) is 0. The van der Waals surface area contributed by atoms with Crippen LogP contribution in [0.2, 0.25) is 0 Å². The number of benzene rings is 15. The van der Waals surface area contributed by atoms with E-state index < -0.39 is 174 Å². The van der Waals surface area contributed by atoms with Crippen molar-refractivity contribution in [1.82, 2.24) is 24.1 Å². The van der Waals surface area contributed by atoms with Crippen molar-refractivity contribution >= 4 is 101 Å². The lowest BCUT2D eigenvalue weighted by atomic mass is 9.33. The molecule has 0 unspecified atom stereocenters. The quantitative estimate of drug-likeness (QED) is 0.121. The molecule has 2 aliphatic rings. The molecule has 0 saturated carbocycles. The fraction of sp³-hybridized carbons (Fsp3) is 0.114. The van der Waals surface area contributed by atoms with Gasteiger partial charge in [-0.25, -0.2) is 15.0 Å². The number of aromatic nitrogens is 5. The fourth-order valence-electron chi connectivity index (χ4n) is 16.4. The molecule has 20 rings (SSSR count). The number of para-hydroxylation sites is 2. The largest absolute Gasteiger partial charge is 0.311 e. The highest BCUT2D eigenvalue weighted by atomic mass is 15.2. The Balaban J connectivity index is 1.03. The van der Waals surface area contributed by atoms with E-state index in [1.807, 2.05) is 154 Å². The van der Waals surface area contributed by atoms with E-state index in [0.717, 1.165) is 49.6 Å². The Bertz CT molecular complexity index is 7970. The summed E-state index contributed by atoms with van der Waals surface area (Å²) in [6, 6.07) is 52.5. The summed E-state index contributed by atoms with van der Waals surface area (Å²) in [4.78, 5) is 19.7. The van der Waals surface area contributed by atoms with Gasteiger partial charge in [0.05, 0.1) is 70.7 Å². The lowest BCUT2D eigenvalue weighted by Gasteiger charge is -2.46. The van der Waals surface area contributed by atoms with Crippen molar-refractivity contribution in [1.29, 1.82) is 0 Å². The van der Waals surface area contributed by atoms with Gasteiger partial charge < -0.3 is 18.9 Å². The van der Waals surface area contributed by atoms with Gasteiger partial charge in [0.1, 0.15) is 0 Å². The van der Waals surface area contributed by atoms with Crippen molar-refractivity contribution in [2.45, 2.75) is 78.6 Å². The molecule has 15 aromatic carbocycles. The predicted octanol–water partition coefficient (Wildman–Crippen LogP) is 25.7. The molecule has 0 amide bonds. The molecule has 0 N–H and O–H groups in total. The van der Waals surface area contributed by atoms with Gasteiger partial charge in [0.25, 0.3) is 6.71 Å². The monoisotopic (exact) mass is 1480 g/mol. The zero-order chi connectivity index (χ0) is 96.6. The first-order valence-electron chi connectivity index (χ1n) is 49.1. The molecule has 3 aromatic heterocycles. The van der Waals surface area contributed by atoms with Gasteiger partial charge >= 0.3 is 0 Å². The molecule has 5 heterocycles. The van der Waals surface area contributed by atoms with Crippen molar-refractivity contribution in [3.8, 4) is 90.0 Å². The van der Waals surface area contributed by atoms with E-state index in [-0.39, 0.29) is 66.5 Å². The van der Waals surface area contributed by atoms with Gasteiger partial charge in [-0.3, -0.25) is 0 Å². The standard InChI is InChI=1S/C105H84BN7/c1-103(2,3)75-50-56-92-84(60-75)85-61-76(104(4,5)6)51-57-93(85)111(92)79-65-96-98-97(66-79)113(99-83(70-38-22-13-23-39-70)62-77(105(7,8)9)63-86(99)102-108-100(71-40-24-14-25-41-71)107-101(109-102)72-42-26-15-27-43-72)94-55-49-74(68-34-18-11-19-35-68)59-88(94)106(98)87-53-52-78(110-89-46-30-28-44-80(89)81-45-29-31-47-90(81)110)64-95(87)112(96)91-54-48-73(67-32-16-10-17-33-67)58-82(91)69-36-20-12-21-37-69/h10-66H,1-9H3/i11D,14D,15D,18D,19D,24D,25D,26D,27D,28D,29D,30D,31D,34D,35D,40D,41D,42D,43D,44D,45D,46D,47D. The zero-order valence-electron chi connectivity index (χ0n) is 86.3. The molecule has 0 fully saturated rings. The minimum absolute atomic E-state index is 0.142. The van der Waals surface area contributed by atoms with Crippen LogP contribution in [0.25, 0.3) is 134 Å². The van der Waals surface area contributed by atoms with Gasteiger partial charge in [0, 0.05) is 77.8 Å². The molecular weight excluding hydrogens is 1370 g/mol. The smallest absolute Gasteiger partial charge is 0.252 e. The number of rotatable bonds is 11. The maximum Gasteiger partial charge on any atom is 0.252 e. The minimum atomic E-state index is -1.07. The predicted molar refractivity (Wildman–Crippen MR) is 477 cm³/mol. The maximum atomic E-state index is 9.96. The Morgan fingerprint density at radius 1 is 0.274 bits per heavy atom. The van der Waals surface area contributed by atoms with E-state index in [4.69, 9.17) is 27.3 Å². The van der Waals surface area contributed by atoms with Gasteiger partial charge in [0.2, 0.25) is 0 Å². The van der Waals surface area contributed by atoms with E-state index in [1.165, 1.54) is 4.57 Å². The molecule has 2 aliphatic heterocycles. The molecular formula is C105H84BN7. The van der Waals surface area contributed by atoms with Crippen molar-refractivity contribution in [2.75, 3.05) is 9.80 Å². The van der Waals surface area contributed by atoms with E-state index in [0.29, 0.717) is 72.8 Å². The Morgan fingerprint density at radius 2 is 0.726 bits per heavy atom. The Hall–Kier alpha value is -13.4. The van der Waals surface area contributed by atoms with Crippen molar-refractivity contribution in [3.05, 3.63) is 362 Å². The van der Waals surface area contributed by atoms with Crippen LogP contribution in [0.15, 0.2) is 345 Å². The van der Waals surface area contributed by atoms with Crippen LogP contribution in [0.4, 0.5) is 34.1 Å². The SMILES string of the molecule is [2H]c1c([2H])c([2H])c(-c2ccc3c(c2)B2c4ccc(-n5c6c([2H])c([2H])c([2H])c([2H])c6c6c([2H])c([2H])c([2H])c([2H])c65)cc4N(c4ccc(-c5ccccc5)cc4-c4ccccc4)c4cc(-n5c6ccc(C(C)(C)C)cc6c6cc(C(C)(C)C)ccc65)cc(c42)N3c2c(-c3ccccc3)cc(C(C)(C)C)cc2-c2nc(-c3c([2H])c([2H])c([2H])c([2H])c3[2H])nc(-c3c([2H])c([2H])c([2H])c([2H])c3[2H])n2)c([2H])c1[2H]. The molecule has 18 aromatic rings. The third-order valence-corrected chi connectivity index (χ3v) is 21.9. The van der Waals surface area contributed by atoms with Gasteiger partial charge in [-0.2, -0.15) is 0 Å². The van der Waals surface area contributed by atoms with E-state index in [9.17, 15) is 19.2 Å². The first kappa shape index (κ1) is 48.3. The molecule has 0 bridgehead atoms. The summed E-state index contributed by atoms with van der Waals surface area (Å²) >= 11 is 0. The molecule has 0 saturated heterocycles. The van der Waals surface area contributed by atoms with Crippen LogP contribution in [0.3, 0.4) is 0 Å². The summed E-state index contributed by atoms with van der Waals surface area (Å²) in [7, 11) is 0. The number of fused-ring (bicyclic) bond motifs is 10. The van der Waals surface area contributed by atoms with Crippen LogP contribution in [0, 0.1) is 0 Å². The summed E-state index contributed by atoms with van der Waals surface area (Å²) in [5.41, 5.74) is 10.9. The number of hydrogen-bond acceptors (Lipinski definition) is 5. The van der Waals surface area contributed by atoms with E-state index in [1.54, 1.807) is 12.1 Å². The van der Waals surface area contributed by atoms with Crippen molar-refractivity contribution < 1.29 is 31.5 Å². The summed E-state index contributed by atoms with van der Waals surface area (Å²) in [6.45, 7) is 18.0. The first-order chi connectivity index (χ1) is 64.5. The van der Waals surface area contributed by atoms with Crippen molar-refractivity contribution in [3.63, 3.8) is 0 Å². The minimum Gasteiger partial charge on any atom is -0.311 e. The highest BCUT2D eigenvalue weighted by molar-refractivity contribution is 7.00. The van der Waals surface area contributed by atoms with Crippen LogP contribution < -0.4 is 26.2 Å². The second-order valence-corrected chi connectivity index (χ2v) is 31.9. The molecule has 8 heteroatoms. The average Bonchev–Trinajstić information content (AvgIpc) is 1.01. The molecule has 0 radical (unpaired) electrons. The van der Waals surface area contributed by atoms with Crippen LogP contribution in [-0.4, -0.2) is 30.8 Å². The van der Waals surface area contributed by atoms with Crippen LogP contribution in [0.1, 0.15) is 111 Å². The average molecular weight is 1480 g/mol. The number of anilines is 6. The third-order valence-electron chi connectivity index (χ3n) is 21.9. The van der Waals surface area contributed by atoms with Crippen molar-refractivity contribution in [2.24, 2.45) is 0 Å². The second kappa shape index (κ2) is 26.7. The lowest BCUT2D eigenvalue weighted by molar-refractivity contribution is 0.590. The topological polar surface area (TPSA) is 55.0 Å². The molecule has 7 nitrogen and oxygen atoms in total. The molecule has 113 heavy (non-hydrogen) atoms. The van der Waals surface area contributed by atoms with Gasteiger partial charge in [-0.15, -0.1) is 0 Å². The second-order valence-electron chi connectivity index (χ2n) is 31.9. The summed E-state index contributed by atoms with van der Waals surface area (Å²) < 4.78 is 220. The Morgan fingerprint density at radius 3 is 1.27 bits per heavy atom. The van der Waals surface area contributed by atoms with Crippen LogP contribution in [0.5, 0.6) is 0 Å². The van der Waals surface area contributed by atoms with E-state index >= 15 is 0 Å². The normalized spacial score (nSPS) is 15.6. The zero-order valence-corrected chi connectivity index (χ0v) is 63.3. The van der Waals surface area contributed by atoms with Gasteiger partial charge in [-0.05, 0) is 174 Å². The van der Waals surface area contributed by atoms with Gasteiger partial charge in [-0.1, -0.05) is 317 Å². The molecule has 0 spiro atoms. The molecule has 542 valence electrons. The first-order valence-corrected chi connectivity index (χ1v) is 37.6. The molecule has 0 aliphatic carbocycles. The Kier molecular flexibility index (Phi) is 11.4. The van der Waals surface area contributed by atoms with Crippen LogP contribution in [-0.2, 0) is 16.2 Å². The Labute approximate surface area is 693 Å². The molecule has 0 atom stereocenters. The lowest BCUT2D eigenvalue weighted by Crippen LogP contribution is -2.61.